The molecule has 0 spiro atoms. The van der Waals surface area contributed by atoms with Crippen molar-refractivity contribution in [2.45, 2.75) is 19.9 Å². The summed E-state index contributed by atoms with van der Waals surface area (Å²) in [5.74, 6) is 5.68. The first kappa shape index (κ1) is 13.0. The predicted octanol–water partition coefficient (Wildman–Crippen LogP) is 2.90. The number of pyridine rings is 1. The van der Waals surface area contributed by atoms with Gasteiger partial charge in [0.1, 0.15) is 0 Å². The van der Waals surface area contributed by atoms with Crippen molar-refractivity contribution < 1.29 is 0 Å². The summed E-state index contributed by atoms with van der Waals surface area (Å²) in [6.07, 6.45) is 0. The van der Waals surface area contributed by atoms with Gasteiger partial charge in [0.15, 0.2) is 0 Å². The average Bonchev–Trinajstić information content (AvgIpc) is 2.34. The van der Waals surface area contributed by atoms with Gasteiger partial charge in [-0.3, -0.25) is 10.8 Å². The Morgan fingerprint density at radius 1 is 1.11 bits per heavy atom. The van der Waals surface area contributed by atoms with E-state index in [9.17, 15) is 0 Å². The molecule has 3 nitrogen and oxygen atoms in total. The minimum atomic E-state index is -0.146. The van der Waals surface area contributed by atoms with Crippen molar-refractivity contribution in [1.82, 2.24) is 10.4 Å². The summed E-state index contributed by atoms with van der Waals surface area (Å²) in [5, 5.41) is 0.695. The van der Waals surface area contributed by atoms with E-state index in [1.807, 2.05) is 50.2 Å². The van der Waals surface area contributed by atoms with Gasteiger partial charge in [0.05, 0.1) is 6.04 Å². The Bertz CT molecular complexity index is 554. The van der Waals surface area contributed by atoms with E-state index < -0.39 is 0 Å². The molecule has 1 heterocycles. The number of hydrogen-bond acceptors (Lipinski definition) is 3. The number of rotatable bonds is 3. The molecule has 1 atom stereocenters. The van der Waals surface area contributed by atoms with Crippen molar-refractivity contribution in [2.24, 2.45) is 5.84 Å². The maximum absolute atomic E-state index is 6.22. The van der Waals surface area contributed by atoms with Crippen LogP contribution in [0.5, 0.6) is 0 Å². The third-order valence-electron chi connectivity index (χ3n) is 2.96. The van der Waals surface area contributed by atoms with E-state index in [-0.39, 0.29) is 6.04 Å². The molecule has 94 valence electrons. The van der Waals surface area contributed by atoms with Crippen LogP contribution in [0.25, 0.3) is 0 Å². The van der Waals surface area contributed by atoms with E-state index in [0.717, 1.165) is 22.5 Å². The Morgan fingerprint density at radius 3 is 2.44 bits per heavy atom. The lowest BCUT2D eigenvalue weighted by atomic mass is 9.98. The standard InChI is InChI=1S/C14H16ClN3/c1-9-7-8-11(10(2)17-9)14(18-16)12-5-3-4-6-13(12)15/h3-8,14,18H,16H2,1-2H3. The Labute approximate surface area is 112 Å². The molecule has 0 aliphatic carbocycles. The molecule has 0 radical (unpaired) electrons. The van der Waals surface area contributed by atoms with E-state index in [0.29, 0.717) is 5.02 Å². The molecule has 0 saturated carbocycles. The summed E-state index contributed by atoms with van der Waals surface area (Å²) in [5.41, 5.74) is 6.75. The second-order valence-electron chi connectivity index (χ2n) is 4.25. The van der Waals surface area contributed by atoms with Crippen LogP contribution in [0, 0.1) is 13.8 Å². The van der Waals surface area contributed by atoms with E-state index in [2.05, 4.69) is 10.4 Å². The van der Waals surface area contributed by atoms with E-state index in [1.54, 1.807) is 0 Å². The molecule has 3 N–H and O–H groups in total. The highest BCUT2D eigenvalue weighted by atomic mass is 35.5. The van der Waals surface area contributed by atoms with Crippen molar-refractivity contribution in [3.05, 3.63) is 63.9 Å². The number of aromatic nitrogens is 1. The number of aryl methyl sites for hydroxylation is 2. The molecule has 0 fully saturated rings. The molecule has 0 aliphatic rings. The molecule has 2 aromatic rings. The zero-order valence-electron chi connectivity index (χ0n) is 10.4. The van der Waals surface area contributed by atoms with E-state index in [4.69, 9.17) is 17.4 Å². The van der Waals surface area contributed by atoms with Gasteiger partial charge in [-0.1, -0.05) is 35.9 Å². The quantitative estimate of drug-likeness (QED) is 0.660. The number of nitrogens with two attached hydrogens (primary N) is 1. The van der Waals surface area contributed by atoms with Crippen LogP contribution < -0.4 is 11.3 Å². The zero-order valence-corrected chi connectivity index (χ0v) is 11.2. The summed E-state index contributed by atoms with van der Waals surface area (Å²) >= 11 is 6.22. The number of nitrogens with zero attached hydrogens (tertiary/aromatic N) is 1. The normalized spacial score (nSPS) is 12.4. The highest BCUT2D eigenvalue weighted by molar-refractivity contribution is 6.31. The fourth-order valence-corrected chi connectivity index (χ4v) is 2.30. The summed E-state index contributed by atoms with van der Waals surface area (Å²) in [4.78, 5) is 4.46. The smallest absolute Gasteiger partial charge is 0.0742 e. The SMILES string of the molecule is Cc1ccc(C(NN)c2ccccc2Cl)c(C)n1. The topological polar surface area (TPSA) is 50.9 Å². The maximum atomic E-state index is 6.22. The molecule has 1 aromatic heterocycles. The number of nitrogens with one attached hydrogen (secondary N) is 1. The van der Waals surface area contributed by atoms with Crippen molar-refractivity contribution in [3.8, 4) is 0 Å². The molecule has 2 rings (SSSR count). The molecule has 18 heavy (non-hydrogen) atoms. The van der Waals surface area contributed by atoms with Gasteiger partial charge in [-0.05, 0) is 37.1 Å². The fraction of sp³-hybridized carbons (Fsp3) is 0.214. The first-order chi connectivity index (χ1) is 8.63. The number of hydrazine groups is 1. The van der Waals surface area contributed by atoms with Crippen LogP contribution in [0.1, 0.15) is 28.6 Å². The van der Waals surface area contributed by atoms with Gasteiger partial charge in [-0.15, -0.1) is 0 Å². The van der Waals surface area contributed by atoms with Gasteiger partial charge in [-0.25, -0.2) is 5.43 Å². The molecule has 1 unspecified atom stereocenters. The van der Waals surface area contributed by atoms with Gasteiger partial charge < -0.3 is 0 Å². The minimum absolute atomic E-state index is 0.146. The van der Waals surface area contributed by atoms with Gasteiger partial charge in [0.25, 0.3) is 0 Å². The lowest BCUT2D eigenvalue weighted by molar-refractivity contribution is 0.630. The Hall–Kier alpha value is -1.42. The van der Waals surface area contributed by atoms with E-state index >= 15 is 0 Å². The molecule has 0 aliphatic heterocycles. The van der Waals surface area contributed by atoms with Gasteiger partial charge in [0.2, 0.25) is 0 Å². The summed E-state index contributed by atoms with van der Waals surface area (Å²) < 4.78 is 0. The lowest BCUT2D eigenvalue weighted by Crippen LogP contribution is -2.29. The van der Waals surface area contributed by atoms with Crippen LogP contribution in [0.15, 0.2) is 36.4 Å². The Kier molecular flexibility index (Phi) is 3.97. The lowest BCUT2D eigenvalue weighted by Gasteiger charge is -2.19. The fourth-order valence-electron chi connectivity index (χ4n) is 2.06. The molecule has 0 bridgehead atoms. The first-order valence-corrected chi connectivity index (χ1v) is 6.16. The van der Waals surface area contributed by atoms with Crippen molar-refractivity contribution >= 4 is 11.6 Å². The summed E-state index contributed by atoms with van der Waals surface area (Å²) in [6.45, 7) is 3.95. The maximum Gasteiger partial charge on any atom is 0.0742 e. The van der Waals surface area contributed by atoms with Crippen molar-refractivity contribution in [1.29, 1.82) is 0 Å². The minimum Gasteiger partial charge on any atom is -0.271 e. The Morgan fingerprint density at radius 2 is 1.83 bits per heavy atom. The molecule has 1 aromatic carbocycles. The van der Waals surface area contributed by atoms with Crippen LogP contribution in [-0.2, 0) is 0 Å². The van der Waals surface area contributed by atoms with Gasteiger partial charge >= 0.3 is 0 Å². The number of hydrogen-bond donors (Lipinski definition) is 2. The highest BCUT2D eigenvalue weighted by Gasteiger charge is 2.17. The van der Waals surface area contributed by atoms with Crippen LogP contribution in [0.4, 0.5) is 0 Å². The largest absolute Gasteiger partial charge is 0.271 e. The third-order valence-corrected chi connectivity index (χ3v) is 3.30. The molecule has 0 saturated heterocycles. The van der Waals surface area contributed by atoms with E-state index in [1.165, 1.54) is 0 Å². The third kappa shape index (κ3) is 2.53. The van der Waals surface area contributed by atoms with Gasteiger partial charge in [0, 0.05) is 16.4 Å². The summed E-state index contributed by atoms with van der Waals surface area (Å²) in [7, 11) is 0. The molecule has 4 heteroatoms. The molecular weight excluding hydrogens is 246 g/mol. The van der Waals surface area contributed by atoms with Crippen molar-refractivity contribution in [3.63, 3.8) is 0 Å². The van der Waals surface area contributed by atoms with Crippen LogP contribution in [0.2, 0.25) is 5.02 Å². The Balaban J connectivity index is 2.49. The molecule has 0 amide bonds. The monoisotopic (exact) mass is 261 g/mol. The van der Waals surface area contributed by atoms with Crippen LogP contribution in [-0.4, -0.2) is 4.98 Å². The van der Waals surface area contributed by atoms with Gasteiger partial charge in [-0.2, -0.15) is 0 Å². The first-order valence-electron chi connectivity index (χ1n) is 5.78. The zero-order chi connectivity index (χ0) is 13.1. The van der Waals surface area contributed by atoms with Crippen LogP contribution in [0.3, 0.4) is 0 Å². The summed E-state index contributed by atoms with van der Waals surface area (Å²) in [6, 6.07) is 11.5. The number of benzene rings is 1. The van der Waals surface area contributed by atoms with Crippen molar-refractivity contribution in [2.75, 3.05) is 0 Å². The molecular formula is C14H16ClN3. The second kappa shape index (κ2) is 5.48. The van der Waals surface area contributed by atoms with Crippen LogP contribution >= 0.6 is 11.6 Å². The predicted molar refractivity (Wildman–Crippen MR) is 74.3 cm³/mol. The second-order valence-corrected chi connectivity index (χ2v) is 4.66. The highest BCUT2D eigenvalue weighted by Crippen LogP contribution is 2.28. The average molecular weight is 262 g/mol. The number of halogens is 1.